The fourth-order valence-corrected chi connectivity index (χ4v) is 1.71. The fraction of sp³-hybridized carbons (Fsp3) is 1.00. The zero-order valence-corrected chi connectivity index (χ0v) is 5.97. The molecule has 1 saturated carbocycles. The molecule has 0 aromatic carbocycles. The highest BCUT2D eigenvalue weighted by Gasteiger charge is 2.42. The van der Waals surface area contributed by atoms with E-state index in [1.165, 1.54) is 19.3 Å². The summed E-state index contributed by atoms with van der Waals surface area (Å²) in [5.41, 5.74) is 0. The van der Waals surface area contributed by atoms with Crippen LogP contribution in [0.1, 0.15) is 26.2 Å². The van der Waals surface area contributed by atoms with Gasteiger partial charge in [-0.15, -0.1) is 0 Å². The number of ether oxygens (including phenoxy) is 1. The van der Waals surface area contributed by atoms with Gasteiger partial charge in [0.25, 0.3) is 0 Å². The van der Waals surface area contributed by atoms with Crippen LogP contribution in [0.3, 0.4) is 0 Å². The number of hydrogen-bond donors (Lipinski definition) is 0. The van der Waals surface area contributed by atoms with Crippen molar-refractivity contribution in [1.29, 1.82) is 0 Å². The quantitative estimate of drug-likeness (QED) is 0.520. The van der Waals surface area contributed by atoms with Crippen molar-refractivity contribution in [2.75, 3.05) is 6.61 Å². The molecule has 0 bridgehead atoms. The van der Waals surface area contributed by atoms with Crippen molar-refractivity contribution >= 4 is 0 Å². The van der Waals surface area contributed by atoms with E-state index >= 15 is 0 Å². The average Bonchev–Trinajstić information content (AvgIpc) is 2.64. The van der Waals surface area contributed by atoms with E-state index in [0.717, 1.165) is 18.4 Å². The van der Waals surface area contributed by atoms with Gasteiger partial charge in [0, 0.05) is 6.61 Å². The van der Waals surface area contributed by atoms with Gasteiger partial charge in [0.05, 0.1) is 6.10 Å². The number of fused-ring (bicyclic) bond motifs is 1. The highest BCUT2D eigenvalue weighted by atomic mass is 16.5. The molecule has 1 aliphatic carbocycles. The highest BCUT2D eigenvalue weighted by molar-refractivity contribution is 4.92. The maximum Gasteiger partial charge on any atom is 0.0608 e. The van der Waals surface area contributed by atoms with E-state index in [-0.39, 0.29) is 0 Å². The van der Waals surface area contributed by atoms with Gasteiger partial charge in [0.1, 0.15) is 0 Å². The van der Waals surface area contributed by atoms with Crippen molar-refractivity contribution in [3.8, 4) is 0 Å². The average molecular weight is 126 g/mol. The van der Waals surface area contributed by atoms with Crippen LogP contribution in [0.15, 0.2) is 0 Å². The monoisotopic (exact) mass is 126 g/mol. The summed E-state index contributed by atoms with van der Waals surface area (Å²) in [5, 5.41) is 0. The van der Waals surface area contributed by atoms with Crippen LogP contribution in [0.5, 0.6) is 0 Å². The van der Waals surface area contributed by atoms with E-state index in [2.05, 4.69) is 6.92 Å². The van der Waals surface area contributed by atoms with Crippen LogP contribution < -0.4 is 0 Å². The maximum absolute atomic E-state index is 5.56. The smallest absolute Gasteiger partial charge is 0.0608 e. The molecule has 1 aliphatic heterocycles. The minimum atomic E-state index is 0.688. The minimum absolute atomic E-state index is 0.688. The van der Waals surface area contributed by atoms with Gasteiger partial charge < -0.3 is 4.74 Å². The van der Waals surface area contributed by atoms with Crippen LogP contribution in [0.2, 0.25) is 0 Å². The largest absolute Gasteiger partial charge is 0.378 e. The van der Waals surface area contributed by atoms with Gasteiger partial charge in [0.2, 0.25) is 0 Å². The Kier molecular flexibility index (Phi) is 1.26. The standard InChI is InChI=1S/C8H14O/c1-2-6-3-7-4-8(7)9-5-6/h6-8H,2-5H2,1H3. The van der Waals surface area contributed by atoms with Gasteiger partial charge in [-0.05, 0) is 24.7 Å². The molecular formula is C8H14O. The third-order valence-electron chi connectivity index (χ3n) is 2.62. The lowest BCUT2D eigenvalue weighted by molar-refractivity contribution is 0.0402. The number of hydrogen-bond acceptors (Lipinski definition) is 1. The van der Waals surface area contributed by atoms with Gasteiger partial charge in [0.15, 0.2) is 0 Å². The molecule has 1 heterocycles. The Hall–Kier alpha value is -0.0400. The molecule has 2 rings (SSSR count). The third-order valence-corrected chi connectivity index (χ3v) is 2.62. The molecule has 9 heavy (non-hydrogen) atoms. The normalized spacial score (nSPS) is 48.3. The first-order valence-electron chi connectivity index (χ1n) is 4.01. The Morgan fingerprint density at radius 3 is 3.00 bits per heavy atom. The molecule has 1 saturated heterocycles. The molecule has 52 valence electrons. The Bertz CT molecular complexity index is 111. The summed E-state index contributed by atoms with van der Waals surface area (Å²) in [5.74, 6) is 1.84. The van der Waals surface area contributed by atoms with Crippen LogP contribution >= 0.6 is 0 Å². The molecule has 2 fully saturated rings. The molecule has 3 atom stereocenters. The van der Waals surface area contributed by atoms with Crippen LogP contribution in [0.4, 0.5) is 0 Å². The second-order valence-corrected chi connectivity index (χ2v) is 3.38. The van der Waals surface area contributed by atoms with Gasteiger partial charge in [-0.25, -0.2) is 0 Å². The first-order chi connectivity index (χ1) is 4.40. The molecular weight excluding hydrogens is 112 g/mol. The van der Waals surface area contributed by atoms with E-state index in [1.807, 2.05) is 0 Å². The van der Waals surface area contributed by atoms with Crippen LogP contribution in [0.25, 0.3) is 0 Å². The van der Waals surface area contributed by atoms with Crippen molar-refractivity contribution < 1.29 is 4.74 Å². The minimum Gasteiger partial charge on any atom is -0.378 e. The lowest BCUT2D eigenvalue weighted by atomic mass is 9.99. The van der Waals surface area contributed by atoms with Crippen LogP contribution in [-0.2, 0) is 4.74 Å². The summed E-state index contributed by atoms with van der Waals surface area (Å²) in [4.78, 5) is 0. The lowest BCUT2D eigenvalue weighted by Gasteiger charge is -2.19. The molecule has 1 heteroatoms. The number of rotatable bonds is 1. The zero-order chi connectivity index (χ0) is 6.27. The summed E-state index contributed by atoms with van der Waals surface area (Å²) in [6.45, 7) is 3.30. The van der Waals surface area contributed by atoms with Gasteiger partial charge in [-0.1, -0.05) is 13.3 Å². The topological polar surface area (TPSA) is 9.23 Å². The molecule has 0 aromatic rings. The van der Waals surface area contributed by atoms with Crippen LogP contribution in [0, 0.1) is 11.8 Å². The van der Waals surface area contributed by atoms with Crippen molar-refractivity contribution in [3.63, 3.8) is 0 Å². The summed E-state index contributed by atoms with van der Waals surface area (Å²) in [7, 11) is 0. The van der Waals surface area contributed by atoms with Gasteiger partial charge in [-0.3, -0.25) is 0 Å². The van der Waals surface area contributed by atoms with Crippen molar-refractivity contribution in [3.05, 3.63) is 0 Å². The Morgan fingerprint density at radius 2 is 2.33 bits per heavy atom. The molecule has 0 aromatic heterocycles. The Labute approximate surface area is 56.4 Å². The molecule has 3 unspecified atom stereocenters. The summed E-state index contributed by atoms with van der Waals surface area (Å²) in [6.07, 6.45) is 4.80. The van der Waals surface area contributed by atoms with Crippen molar-refractivity contribution in [1.82, 2.24) is 0 Å². The van der Waals surface area contributed by atoms with E-state index in [9.17, 15) is 0 Å². The predicted octanol–water partition coefficient (Wildman–Crippen LogP) is 1.82. The fourth-order valence-electron chi connectivity index (χ4n) is 1.71. The van der Waals surface area contributed by atoms with E-state index in [0.29, 0.717) is 6.10 Å². The van der Waals surface area contributed by atoms with Crippen molar-refractivity contribution in [2.24, 2.45) is 11.8 Å². The second kappa shape index (κ2) is 1.98. The molecule has 0 radical (unpaired) electrons. The molecule has 2 aliphatic rings. The summed E-state index contributed by atoms with van der Waals surface area (Å²) < 4.78 is 5.56. The molecule has 0 amide bonds. The SMILES string of the molecule is CCC1COC2CC2C1. The lowest BCUT2D eigenvalue weighted by Crippen LogP contribution is -2.17. The summed E-state index contributed by atoms with van der Waals surface area (Å²) in [6, 6.07) is 0. The molecule has 1 nitrogen and oxygen atoms in total. The predicted molar refractivity (Wildman–Crippen MR) is 36.2 cm³/mol. The first kappa shape index (κ1) is 5.72. The molecule has 0 spiro atoms. The van der Waals surface area contributed by atoms with E-state index < -0.39 is 0 Å². The van der Waals surface area contributed by atoms with Gasteiger partial charge >= 0.3 is 0 Å². The second-order valence-electron chi connectivity index (χ2n) is 3.38. The van der Waals surface area contributed by atoms with E-state index in [4.69, 9.17) is 4.74 Å². The van der Waals surface area contributed by atoms with Gasteiger partial charge in [-0.2, -0.15) is 0 Å². The molecule has 0 N–H and O–H groups in total. The first-order valence-corrected chi connectivity index (χ1v) is 4.01. The van der Waals surface area contributed by atoms with Crippen LogP contribution in [-0.4, -0.2) is 12.7 Å². The maximum atomic E-state index is 5.56. The Balaban J connectivity index is 1.86. The zero-order valence-electron chi connectivity index (χ0n) is 5.97. The summed E-state index contributed by atoms with van der Waals surface area (Å²) >= 11 is 0. The van der Waals surface area contributed by atoms with E-state index in [1.54, 1.807) is 0 Å². The highest BCUT2D eigenvalue weighted by Crippen LogP contribution is 2.43. The third kappa shape index (κ3) is 0.983. The van der Waals surface area contributed by atoms with Crippen molar-refractivity contribution in [2.45, 2.75) is 32.3 Å². The Morgan fingerprint density at radius 1 is 1.44 bits per heavy atom.